The summed E-state index contributed by atoms with van der Waals surface area (Å²) >= 11 is 0. The van der Waals surface area contributed by atoms with E-state index in [0.717, 1.165) is 5.71 Å². The maximum atomic E-state index is 13.9. The number of aromatic carboxylic acids is 1. The molecule has 0 fully saturated rings. The quantitative estimate of drug-likeness (QED) is 0.0115. The van der Waals surface area contributed by atoms with E-state index in [1.54, 1.807) is 48.1 Å². The zero-order valence-electron chi connectivity index (χ0n) is 69.6. The topological polar surface area (TPSA) is 684 Å². The van der Waals surface area contributed by atoms with Gasteiger partial charge in [0.2, 0.25) is 58.8 Å². The maximum Gasteiger partial charge on any atom is 0.335 e. The number of carbonyl (C=O) groups excluding carboxylic acids is 8. The van der Waals surface area contributed by atoms with Gasteiger partial charge in [-0.2, -0.15) is 13.0 Å². The predicted molar refractivity (Wildman–Crippen MR) is 445 cm³/mol. The van der Waals surface area contributed by atoms with Crippen molar-refractivity contribution in [1.82, 2.24) is 52.5 Å². The summed E-state index contributed by atoms with van der Waals surface area (Å²) in [5, 5.41) is 96.6. The number of allylic oxidation sites excluding steroid dienone is 3. The van der Waals surface area contributed by atoms with Crippen LogP contribution in [0.2, 0.25) is 0 Å². The van der Waals surface area contributed by atoms with Gasteiger partial charge in [-0.1, -0.05) is 50.0 Å². The third kappa shape index (κ3) is 28.0. The molecule has 0 saturated heterocycles. The molecule has 0 saturated carbocycles. The van der Waals surface area contributed by atoms with Gasteiger partial charge in [-0.05, 0) is 128 Å². The Kier molecular flexibility index (Phi) is 35.6. The van der Waals surface area contributed by atoms with Crippen LogP contribution in [0.4, 0.5) is 11.4 Å². The van der Waals surface area contributed by atoms with Crippen molar-refractivity contribution < 1.29 is 153 Å². The highest BCUT2D eigenvalue weighted by Crippen LogP contribution is 2.50. The molecule has 8 atom stereocenters. The molecule has 686 valence electrons. The number of anilines is 1. The number of nitrogens with zero attached hydrogens (tertiary/aromatic N) is 4. The van der Waals surface area contributed by atoms with Gasteiger partial charge in [0.1, 0.15) is 59.0 Å². The van der Waals surface area contributed by atoms with Crippen molar-refractivity contribution in [2.45, 2.75) is 220 Å². The number of carbonyl (C=O) groups is 16. The smallest absolute Gasteiger partial charge is 0.335 e. The lowest BCUT2D eigenvalue weighted by Crippen LogP contribution is -2.61. The molecule has 2 aromatic heterocycles. The number of hydrogen-bond donors (Lipinski definition) is 17. The first-order chi connectivity index (χ1) is 59.7. The number of aliphatic carboxylic acids is 7. The van der Waals surface area contributed by atoms with Gasteiger partial charge in [-0.3, -0.25) is 76.7 Å². The van der Waals surface area contributed by atoms with Gasteiger partial charge in [0.25, 0.3) is 10.1 Å². The van der Waals surface area contributed by atoms with E-state index in [9.17, 15) is 144 Å². The summed E-state index contributed by atoms with van der Waals surface area (Å²) in [4.78, 5) is 216. The number of ether oxygens (including phenoxy) is 1. The Morgan fingerprint density at radius 1 is 0.535 bits per heavy atom. The molecule has 0 aliphatic carbocycles. The SMILES string of the molecule is CCN1c2cc(S(=O)(=O)O)ccc2/C(=C\C=C\C2=[N+](CC)c3ccc(S(=O)(=O)[O-])cc3C2(C)C)C1(C)CCCC(=O)NCCCC[C@H](NC(=O)[C@H](CC(=O)O)NC(=O)[C@H](CC(=O)O)NC(=O)[C@H](CC(=O)O)NC(=O)[C@H](CC(=O)O)NC(=O)[C@H](CC(=O)O)NC(=O)[C@H](CC(=O)O)NC(=O)CCCCCCCCOc1nc2cc(C(=O)O)ccc2c2cnccc12)C(=O)O. The van der Waals surface area contributed by atoms with Crippen LogP contribution >= 0.6 is 0 Å². The highest BCUT2D eigenvalue weighted by atomic mass is 32.2. The maximum absolute atomic E-state index is 13.9. The van der Waals surface area contributed by atoms with E-state index in [4.69, 9.17) is 4.74 Å². The average molecular weight is 1810 g/mol. The molecule has 17 N–H and O–H groups in total. The van der Waals surface area contributed by atoms with Gasteiger partial charge in [0.15, 0.2) is 5.71 Å². The molecule has 8 amide bonds. The van der Waals surface area contributed by atoms with Gasteiger partial charge in [0.05, 0.1) is 77.0 Å². The van der Waals surface area contributed by atoms with Crippen molar-refractivity contribution in [3.8, 4) is 5.88 Å². The minimum Gasteiger partial charge on any atom is -0.744 e. The summed E-state index contributed by atoms with van der Waals surface area (Å²) in [5.41, 5.74) is 2.61. The molecule has 0 radical (unpaired) electrons. The number of pyridine rings is 2. The highest BCUT2D eigenvalue weighted by Gasteiger charge is 2.47. The van der Waals surface area contributed by atoms with E-state index in [2.05, 4.69) is 25.9 Å². The lowest BCUT2D eigenvalue weighted by molar-refractivity contribution is -0.433. The van der Waals surface area contributed by atoms with Crippen LogP contribution in [0.5, 0.6) is 5.88 Å². The molecule has 5 aromatic rings. The second-order valence-corrected chi connectivity index (χ2v) is 33.5. The fraction of sp³-hybridized carbons (Fsp3) is 0.451. The minimum atomic E-state index is -4.78. The van der Waals surface area contributed by atoms with Crippen LogP contribution < -0.4 is 52.2 Å². The van der Waals surface area contributed by atoms with Crippen LogP contribution in [-0.2, 0) is 97.6 Å². The van der Waals surface area contributed by atoms with E-state index < -0.39 is 207 Å². The van der Waals surface area contributed by atoms with Crippen LogP contribution in [0.15, 0.2) is 101 Å². The molecule has 7 rings (SSSR count). The summed E-state index contributed by atoms with van der Waals surface area (Å²) in [6.07, 6.45) is 3.63. The van der Waals surface area contributed by atoms with E-state index in [0.29, 0.717) is 101 Å². The number of unbranched alkanes of at least 4 members (excludes halogenated alkanes) is 6. The third-order valence-corrected chi connectivity index (χ3v) is 22.9. The van der Waals surface area contributed by atoms with Crippen molar-refractivity contribution in [2.75, 3.05) is 31.1 Å². The second-order valence-electron chi connectivity index (χ2n) is 30.7. The molecule has 45 heteroatoms. The summed E-state index contributed by atoms with van der Waals surface area (Å²) in [5.74, 6) is -24.5. The lowest BCUT2D eigenvalue weighted by atomic mass is 9.81. The van der Waals surface area contributed by atoms with Gasteiger partial charge in [-0.15, -0.1) is 0 Å². The van der Waals surface area contributed by atoms with E-state index in [-0.39, 0.29) is 79.3 Å². The van der Waals surface area contributed by atoms with E-state index in [1.807, 2.05) is 77.5 Å². The lowest BCUT2D eigenvalue weighted by Gasteiger charge is -2.38. The fourth-order valence-electron chi connectivity index (χ4n) is 14.9. The molecular formula is C82H100N12O31S2. The first-order valence-corrected chi connectivity index (χ1v) is 43.0. The molecule has 3 aromatic carbocycles. The number of carboxylic acid groups (broad SMARTS) is 8. The first kappa shape index (κ1) is 101. The number of aromatic nitrogens is 2. The Bertz CT molecular complexity index is 5440. The second kappa shape index (κ2) is 44.9. The number of amides is 8. The molecule has 1 unspecified atom stereocenters. The van der Waals surface area contributed by atoms with Gasteiger partial charge >= 0.3 is 47.8 Å². The number of carboxylic acids is 8. The van der Waals surface area contributed by atoms with Gasteiger partial charge in [0, 0.05) is 83.4 Å². The standard InChI is InChI=1S/C82H100N12O31S2/c1-6-93-61-28-25-45(126(119,120)121)35-52(61)81(3,4)63(93)20-16-18-51-49-27-24-46(127(122,123)124)36-62(49)94(7-2)82(51,5)30-17-22-64(95)84-31-14-13-19-53(80(117)118)86-73(110)56(38-67(99)100)88-75(112)58(40-69(103)104)90-77(114)60(42-71(107)108)91-76(113)59(41-70(105)106)89-74(111)57(39-68(101)102)87-72(109)55(37-66(97)98)85-65(96)21-12-10-8-9-11-15-33-125-78-48-29-32-83-43-50(48)47-26-23-44(79(115)116)34-54(47)92-78/h16,18,20,23-29,32,34-36,43,53,55-60H,6-15,17,19,21-22,30-31,33,37-42H2,1-5H3,(H17-,84,85,86,87,88,89,90,91,95,96,97,98,99,100,101,102,103,104,105,106,107,108,109,110,111,112,113,114,115,116,117,118,119,120,121,122,123,124)/t53-,55-,56-,57-,58-,59-,60-,82?/m0/s1. The highest BCUT2D eigenvalue weighted by molar-refractivity contribution is 7.86. The largest absolute Gasteiger partial charge is 0.744 e. The first-order valence-electron chi connectivity index (χ1n) is 40.2. The zero-order chi connectivity index (χ0) is 94.2. The molecular weight excluding hydrogens is 1710 g/mol. The Hall–Kier alpha value is -13.4. The van der Waals surface area contributed by atoms with Crippen molar-refractivity contribution in [3.05, 3.63) is 108 Å². The Morgan fingerprint density at radius 3 is 1.50 bits per heavy atom. The van der Waals surface area contributed by atoms with Crippen molar-refractivity contribution >= 4 is 160 Å². The molecule has 2 aliphatic heterocycles. The Labute approximate surface area is 726 Å². The molecule has 2 aliphatic rings. The van der Waals surface area contributed by atoms with Crippen molar-refractivity contribution in [2.24, 2.45) is 0 Å². The van der Waals surface area contributed by atoms with Gasteiger partial charge < -0.3 is 97.6 Å². The molecule has 127 heavy (non-hydrogen) atoms. The summed E-state index contributed by atoms with van der Waals surface area (Å²) in [6, 6.07) is -1.03. The fourth-order valence-corrected chi connectivity index (χ4v) is 15.9. The summed E-state index contributed by atoms with van der Waals surface area (Å²) < 4.78 is 78.9. The molecule has 43 nitrogen and oxygen atoms in total. The molecule has 0 bridgehead atoms. The number of nitrogens with one attached hydrogen (secondary N) is 8. The number of hydrogen-bond acceptors (Lipinski definition) is 25. The van der Waals surface area contributed by atoms with Crippen LogP contribution in [0.25, 0.3) is 27.2 Å². The van der Waals surface area contributed by atoms with Crippen LogP contribution in [0.3, 0.4) is 0 Å². The number of rotatable bonds is 52. The van der Waals surface area contributed by atoms with Crippen LogP contribution in [-0.4, -0.2) is 256 Å². The molecule has 4 heterocycles. The van der Waals surface area contributed by atoms with Crippen molar-refractivity contribution in [3.63, 3.8) is 0 Å². The minimum absolute atomic E-state index is 0.0318. The van der Waals surface area contributed by atoms with Crippen LogP contribution in [0.1, 0.15) is 178 Å². The Balaban J connectivity index is 0.907. The Morgan fingerprint density at radius 2 is 1.02 bits per heavy atom. The third-order valence-electron chi connectivity index (χ3n) is 21.2. The molecule has 0 spiro atoms. The van der Waals surface area contributed by atoms with Crippen molar-refractivity contribution in [1.29, 1.82) is 0 Å². The average Bonchev–Trinajstić information content (AvgIpc) is 1.56. The van der Waals surface area contributed by atoms with E-state index in [1.165, 1.54) is 36.4 Å². The predicted octanol–water partition coefficient (Wildman–Crippen LogP) is 2.86. The number of benzene rings is 3. The zero-order valence-corrected chi connectivity index (χ0v) is 71.2. The number of likely N-dealkylation sites (N-methyl/N-ethyl adjacent to an activating group) is 1. The summed E-state index contributed by atoms with van der Waals surface area (Å²) in [6.45, 7) is 10.4. The normalized spacial score (nSPS) is 16.0. The van der Waals surface area contributed by atoms with Crippen LogP contribution in [0, 0.1) is 0 Å². The summed E-state index contributed by atoms with van der Waals surface area (Å²) in [7, 11) is -9.44. The number of fused-ring (bicyclic) bond motifs is 5. The van der Waals surface area contributed by atoms with Gasteiger partial charge in [-0.25, -0.2) is 23.0 Å². The van der Waals surface area contributed by atoms with E-state index >= 15 is 0 Å². The monoisotopic (exact) mass is 1810 g/mol.